The predicted octanol–water partition coefficient (Wildman–Crippen LogP) is 3.85. The summed E-state index contributed by atoms with van der Waals surface area (Å²) >= 11 is 3.06. The number of nitrogens with zero attached hydrogens (tertiary/aromatic N) is 2. The van der Waals surface area contributed by atoms with Gasteiger partial charge in [0.05, 0.1) is 12.6 Å². The third kappa shape index (κ3) is 4.56. The highest BCUT2D eigenvalue weighted by atomic mass is 32.2. The van der Waals surface area contributed by atoms with Crippen LogP contribution in [0, 0.1) is 6.92 Å². The van der Waals surface area contributed by atoms with E-state index in [-0.39, 0.29) is 11.9 Å². The number of carbonyl (C=O) groups is 1. The fourth-order valence-corrected chi connectivity index (χ4v) is 3.56. The lowest BCUT2D eigenvalue weighted by Crippen LogP contribution is -2.40. The van der Waals surface area contributed by atoms with Gasteiger partial charge in [-0.15, -0.1) is 11.3 Å². The summed E-state index contributed by atoms with van der Waals surface area (Å²) in [6.45, 7) is 5.12. The van der Waals surface area contributed by atoms with Crippen LogP contribution in [-0.2, 0) is 11.3 Å². The number of thioether (sulfide) groups is 1. The van der Waals surface area contributed by atoms with Gasteiger partial charge in [0.2, 0.25) is 0 Å². The molecule has 0 aliphatic heterocycles. The van der Waals surface area contributed by atoms with Gasteiger partial charge in [0.1, 0.15) is 10.0 Å². The van der Waals surface area contributed by atoms with Crippen molar-refractivity contribution < 1.29 is 9.53 Å². The van der Waals surface area contributed by atoms with Crippen molar-refractivity contribution in [3.05, 3.63) is 46.5 Å². The summed E-state index contributed by atoms with van der Waals surface area (Å²) in [6.07, 6.45) is 1.96. The van der Waals surface area contributed by atoms with E-state index in [1.54, 1.807) is 18.9 Å². The van der Waals surface area contributed by atoms with Crippen LogP contribution in [0.2, 0.25) is 0 Å². The topological polar surface area (TPSA) is 42.4 Å². The standard InChI is InChI=1S/C17H22N2O2S2/c1-12-7-5-6-8-14(12)9-19(13(2)10-21-3)16(20)15-11-23-17(18-15)22-4/h5-8,11,13H,9-10H2,1-4H3. The third-order valence-corrected chi connectivity index (χ3v) is 5.54. The Morgan fingerprint density at radius 3 is 2.78 bits per heavy atom. The van der Waals surface area contributed by atoms with Crippen molar-refractivity contribution in [2.75, 3.05) is 20.0 Å². The summed E-state index contributed by atoms with van der Waals surface area (Å²) in [5.74, 6) is -0.0469. The van der Waals surface area contributed by atoms with E-state index >= 15 is 0 Å². The first kappa shape index (κ1) is 18.0. The smallest absolute Gasteiger partial charge is 0.273 e. The molecule has 0 bridgehead atoms. The van der Waals surface area contributed by atoms with Crippen LogP contribution in [0.5, 0.6) is 0 Å². The van der Waals surface area contributed by atoms with Gasteiger partial charge in [0, 0.05) is 19.0 Å². The molecule has 1 aromatic carbocycles. The monoisotopic (exact) mass is 350 g/mol. The molecule has 0 saturated heterocycles. The number of thiazole rings is 1. The van der Waals surface area contributed by atoms with Crippen molar-refractivity contribution in [1.82, 2.24) is 9.88 Å². The molecule has 0 saturated carbocycles. The van der Waals surface area contributed by atoms with E-state index in [9.17, 15) is 4.79 Å². The molecular formula is C17H22N2O2S2. The summed E-state index contributed by atoms with van der Waals surface area (Å²) < 4.78 is 6.16. The van der Waals surface area contributed by atoms with Crippen molar-refractivity contribution in [2.45, 2.75) is 30.8 Å². The van der Waals surface area contributed by atoms with Crippen LogP contribution in [0.4, 0.5) is 0 Å². The Morgan fingerprint density at radius 1 is 1.43 bits per heavy atom. The third-order valence-electron chi connectivity index (χ3n) is 3.68. The predicted molar refractivity (Wildman–Crippen MR) is 96.3 cm³/mol. The Bertz CT molecular complexity index is 658. The zero-order valence-electron chi connectivity index (χ0n) is 13.9. The zero-order chi connectivity index (χ0) is 16.8. The first-order chi connectivity index (χ1) is 11.1. The van der Waals surface area contributed by atoms with Gasteiger partial charge in [-0.05, 0) is 31.2 Å². The number of ether oxygens (including phenoxy) is 1. The van der Waals surface area contributed by atoms with Crippen molar-refractivity contribution in [3.63, 3.8) is 0 Å². The Hall–Kier alpha value is -1.37. The minimum absolute atomic E-state index is 0.0217. The summed E-state index contributed by atoms with van der Waals surface area (Å²) in [4.78, 5) is 19.2. The molecule has 0 aliphatic rings. The van der Waals surface area contributed by atoms with E-state index < -0.39 is 0 Å². The van der Waals surface area contributed by atoms with E-state index in [1.807, 2.05) is 35.6 Å². The molecule has 6 heteroatoms. The number of carbonyl (C=O) groups excluding carboxylic acids is 1. The number of aryl methyl sites for hydroxylation is 1. The van der Waals surface area contributed by atoms with E-state index in [4.69, 9.17) is 4.74 Å². The first-order valence-electron chi connectivity index (χ1n) is 7.40. The average Bonchev–Trinajstić information content (AvgIpc) is 3.03. The molecule has 1 atom stereocenters. The number of amides is 1. The Labute approximate surface area is 145 Å². The molecule has 0 N–H and O–H groups in total. The largest absolute Gasteiger partial charge is 0.383 e. The second kappa shape index (κ2) is 8.47. The van der Waals surface area contributed by atoms with E-state index in [0.29, 0.717) is 18.8 Å². The van der Waals surface area contributed by atoms with Crippen molar-refractivity contribution >= 4 is 29.0 Å². The lowest BCUT2D eigenvalue weighted by molar-refractivity contribution is 0.0536. The first-order valence-corrected chi connectivity index (χ1v) is 9.51. The normalized spacial score (nSPS) is 12.2. The van der Waals surface area contributed by atoms with E-state index in [0.717, 1.165) is 9.90 Å². The molecule has 1 amide bonds. The van der Waals surface area contributed by atoms with Crippen molar-refractivity contribution in [1.29, 1.82) is 0 Å². The minimum atomic E-state index is -0.0469. The van der Waals surface area contributed by atoms with Crippen LogP contribution in [-0.4, -0.2) is 41.8 Å². The number of aromatic nitrogens is 1. The number of methoxy groups -OCH3 is 1. The van der Waals surface area contributed by atoms with E-state index in [2.05, 4.69) is 24.0 Å². The molecule has 0 fully saturated rings. The van der Waals surface area contributed by atoms with Gasteiger partial charge in [-0.3, -0.25) is 4.79 Å². The van der Waals surface area contributed by atoms with Gasteiger partial charge >= 0.3 is 0 Å². The maximum Gasteiger partial charge on any atom is 0.273 e. The molecule has 1 aromatic heterocycles. The van der Waals surface area contributed by atoms with E-state index in [1.165, 1.54) is 16.9 Å². The second-order valence-electron chi connectivity index (χ2n) is 5.37. The highest BCUT2D eigenvalue weighted by molar-refractivity contribution is 8.00. The van der Waals surface area contributed by atoms with Crippen LogP contribution in [0.3, 0.4) is 0 Å². The SMILES string of the molecule is COCC(C)N(Cc1ccccc1C)C(=O)c1csc(SC)n1. The fourth-order valence-electron chi connectivity index (χ4n) is 2.33. The lowest BCUT2D eigenvalue weighted by Gasteiger charge is -2.29. The summed E-state index contributed by atoms with van der Waals surface area (Å²) in [5, 5.41) is 1.83. The van der Waals surface area contributed by atoms with Gasteiger partial charge < -0.3 is 9.64 Å². The Kier molecular flexibility index (Phi) is 6.62. The number of hydrogen-bond donors (Lipinski definition) is 0. The molecule has 23 heavy (non-hydrogen) atoms. The van der Waals surface area contributed by atoms with Crippen LogP contribution in [0.1, 0.15) is 28.5 Å². The maximum absolute atomic E-state index is 12.9. The average molecular weight is 351 g/mol. The summed E-state index contributed by atoms with van der Waals surface area (Å²) in [7, 11) is 1.65. The van der Waals surface area contributed by atoms with Crippen LogP contribution >= 0.6 is 23.1 Å². The molecule has 1 heterocycles. The van der Waals surface area contributed by atoms with Gasteiger partial charge in [-0.1, -0.05) is 36.0 Å². The minimum Gasteiger partial charge on any atom is -0.383 e. The van der Waals surface area contributed by atoms with Crippen molar-refractivity contribution in [3.8, 4) is 0 Å². The second-order valence-corrected chi connectivity index (χ2v) is 7.28. The van der Waals surface area contributed by atoms with Gasteiger partial charge in [-0.2, -0.15) is 0 Å². The number of benzene rings is 1. The Balaban J connectivity index is 2.26. The van der Waals surface area contributed by atoms with Crippen molar-refractivity contribution in [2.24, 2.45) is 0 Å². The Morgan fingerprint density at radius 2 is 2.17 bits per heavy atom. The quantitative estimate of drug-likeness (QED) is 0.711. The molecule has 0 aliphatic carbocycles. The highest BCUT2D eigenvalue weighted by Gasteiger charge is 2.24. The van der Waals surface area contributed by atoms with Crippen LogP contribution in [0.15, 0.2) is 34.0 Å². The lowest BCUT2D eigenvalue weighted by atomic mass is 10.1. The number of rotatable bonds is 7. The molecule has 2 aromatic rings. The number of hydrogen-bond acceptors (Lipinski definition) is 5. The van der Waals surface area contributed by atoms with Gasteiger partial charge in [0.25, 0.3) is 5.91 Å². The molecule has 0 spiro atoms. The van der Waals surface area contributed by atoms with Crippen LogP contribution < -0.4 is 0 Å². The molecule has 124 valence electrons. The molecule has 1 unspecified atom stereocenters. The van der Waals surface area contributed by atoms with Gasteiger partial charge in [-0.25, -0.2) is 4.98 Å². The summed E-state index contributed by atoms with van der Waals surface area (Å²) in [5.41, 5.74) is 2.83. The highest BCUT2D eigenvalue weighted by Crippen LogP contribution is 2.22. The zero-order valence-corrected chi connectivity index (χ0v) is 15.5. The molecule has 0 radical (unpaired) electrons. The maximum atomic E-state index is 12.9. The van der Waals surface area contributed by atoms with Gasteiger partial charge in [0.15, 0.2) is 0 Å². The molecule has 4 nitrogen and oxygen atoms in total. The summed E-state index contributed by atoms with van der Waals surface area (Å²) in [6, 6.07) is 8.11. The fraction of sp³-hybridized carbons (Fsp3) is 0.412. The molecule has 2 rings (SSSR count). The van der Waals surface area contributed by atoms with Crippen LogP contribution in [0.25, 0.3) is 0 Å². The molecular weight excluding hydrogens is 328 g/mol.